The first kappa shape index (κ1) is 27.5. The molecule has 0 saturated carbocycles. The van der Waals surface area contributed by atoms with Gasteiger partial charge >= 0.3 is 18.3 Å². The summed E-state index contributed by atoms with van der Waals surface area (Å²) in [5.41, 5.74) is 0. The van der Waals surface area contributed by atoms with Crippen molar-refractivity contribution in [3.05, 3.63) is 0 Å². The molecule has 0 N–H and O–H groups in total. The van der Waals surface area contributed by atoms with Gasteiger partial charge in [-0.3, -0.25) is 8.37 Å². The van der Waals surface area contributed by atoms with E-state index in [1.807, 2.05) is 13.8 Å². The number of unbranched alkanes of at least 4 members (excludes halogenated alkanes) is 4. The summed E-state index contributed by atoms with van der Waals surface area (Å²) in [6, 6.07) is 0. The van der Waals surface area contributed by atoms with Crippen LogP contribution in [0.5, 0.6) is 0 Å². The second-order valence-corrected chi connectivity index (χ2v) is 10.5. The van der Waals surface area contributed by atoms with E-state index >= 15 is 0 Å². The van der Waals surface area contributed by atoms with Crippen molar-refractivity contribution in [2.24, 2.45) is 0 Å². The molecular formula is C16H34NiO6S2. The fourth-order valence-electron chi connectivity index (χ4n) is 2.31. The van der Waals surface area contributed by atoms with Gasteiger partial charge in [0.25, 0.3) is 0 Å². The minimum Gasteiger partial charge on any atom is -0.253 e. The molecule has 0 radical (unpaired) electrons. The average Bonchev–Trinajstić information content (AvgIpc) is 2.52. The number of rotatable bonds is 15. The van der Waals surface area contributed by atoms with E-state index in [1.165, 1.54) is 0 Å². The molecule has 9 heteroatoms. The number of hydrogen-bond acceptors (Lipinski definition) is 6. The molecule has 156 valence electrons. The van der Waals surface area contributed by atoms with Gasteiger partial charge in [-0.1, -0.05) is 66.2 Å². The third-order valence-corrected chi connectivity index (χ3v) is 7.41. The first-order valence-electron chi connectivity index (χ1n) is 9.10. The second-order valence-electron chi connectivity index (χ2n) is 6.06. The van der Waals surface area contributed by atoms with Crippen LogP contribution in [0.4, 0.5) is 0 Å². The molecule has 0 rings (SSSR count). The first-order chi connectivity index (χ1) is 11.2. The van der Waals surface area contributed by atoms with Crippen LogP contribution >= 0.6 is 0 Å². The van der Waals surface area contributed by atoms with Crippen molar-refractivity contribution in [2.75, 3.05) is 0 Å². The first-order valence-corrected chi connectivity index (χ1v) is 12.4. The molecule has 0 aliphatic heterocycles. The Morgan fingerprint density at radius 3 is 1.20 bits per heavy atom. The van der Waals surface area contributed by atoms with E-state index in [-0.39, 0.29) is 16.5 Å². The Hall–Kier alpha value is 0.314. The topological polar surface area (TPSA) is 86.7 Å². The maximum absolute atomic E-state index is 12.1. The smallest absolute Gasteiger partial charge is 0.253 e. The van der Waals surface area contributed by atoms with E-state index in [9.17, 15) is 16.8 Å². The molecule has 2 unspecified atom stereocenters. The van der Waals surface area contributed by atoms with Gasteiger partial charge in [0.05, 0.1) is 12.2 Å². The van der Waals surface area contributed by atoms with Crippen LogP contribution in [0.2, 0.25) is 0 Å². The van der Waals surface area contributed by atoms with Crippen molar-refractivity contribution >= 4 is 18.3 Å². The quantitative estimate of drug-likeness (QED) is 0.212. The standard InChI is InChI=1S/C16H34O6S2.Ni/c1-5-9-11-13-15(7-3)21-23(17,18)24(19,20)22-16(8-4)14-12-10-6-2;/h15-16H,5-14H2,1-4H3;. The maximum atomic E-state index is 12.1. The van der Waals surface area contributed by atoms with Gasteiger partial charge in [-0.25, -0.2) is 0 Å². The summed E-state index contributed by atoms with van der Waals surface area (Å²) in [5.74, 6) is 0. The average molecular weight is 445 g/mol. The Labute approximate surface area is 164 Å². The zero-order valence-electron chi connectivity index (χ0n) is 15.8. The molecule has 0 fully saturated rings. The molecule has 2 atom stereocenters. The van der Waals surface area contributed by atoms with Gasteiger partial charge in [0, 0.05) is 16.5 Å². The van der Waals surface area contributed by atoms with Crippen LogP contribution in [0.25, 0.3) is 0 Å². The molecule has 0 aromatic rings. The van der Waals surface area contributed by atoms with Gasteiger partial charge in [0.15, 0.2) is 0 Å². The van der Waals surface area contributed by atoms with Crippen molar-refractivity contribution in [3.63, 3.8) is 0 Å². The van der Waals surface area contributed by atoms with Gasteiger partial charge in [0.2, 0.25) is 0 Å². The van der Waals surface area contributed by atoms with E-state index in [2.05, 4.69) is 0 Å². The largest absolute Gasteiger partial charge is 0.400 e. The monoisotopic (exact) mass is 444 g/mol. The molecule has 0 amide bonds. The Morgan fingerprint density at radius 2 is 0.960 bits per heavy atom. The van der Waals surface area contributed by atoms with Crippen LogP contribution in [0, 0.1) is 0 Å². The molecule has 6 nitrogen and oxygen atoms in total. The molecule has 0 bridgehead atoms. The molecule has 0 aliphatic rings. The molecule has 0 saturated heterocycles. The van der Waals surface area contributed by atoms with E-state index in [4.69, 9.17) is 8.37 Å². The van der Waals surface area contributed by atoms with E-state index in [0.717, 1.165) is 38.5 Å². The van der Waals surface area contributed by atoms with E-state index in [0.29, 0.717) is 25.7 Å². The summed E-state index contributed by atoms with van der Waals surface area (Å²) in [7, 11) is -9.59. The van der Waals surface area contributed by atoms with E-state index < -0.39 is 30.5 Å². The van der Waals surface area contributed by atoms with Crippen molar-refractivity contribution in [1.82, 2.24) is 0 Å². The summed E-state index contributed by atoms with van der Waals surface area (Å²) in [6.45, 7) is 7.64. The SMILES string of the molecule is CCCCCC(CC)OS(=O)(=O)S(=O)(=O)OC(CC)CCCCC.[Ni]. The van der Waals surface area contributed by atoms with Crippen molar-refractivity contribution < 1.29 is 41.7 Å². The Kier molecular flexibility index (Phi) is 15.8. The number of hydrogen-bond donors (Lipinski definition) is 0. The van der Waals surface area contributed by atoms with Gasteiger partial charge in [-0.15, -0.1) is 0 Å². The summed E-state index contributed by atoms with van der Waals surface area (Å²) in [6.07, 6.45) is 6.19. The molecule has 0 aliphatic carbocycles. The zero-order chi connectivity index (χ0) is 18.6. The van der Waals surface area contributed by atoms with E-state index in [1.54, 1.807) is 13.8 Å². The summed E-state index contributed by atoms with van der Waals surface area (Å²) < 4.78 is 58.3. The van der Waals surface area contributed by atoms with Crippen LogP contribution in [-0.2, 0) is 43.2 Å². The predicted molar refractivity (Wildman–Crippen MR) is 96.5 cm³/mol. The van der Waals surface area contributed by atoms with Crippen LogP contribution in [-0.4, -0.2) is 29.0 Å². The molecule has 0 heterocycles. The predicted octanol–water partition coefficient (Wildman–Crippen LogP) is 4.31. The Morgan fingerprint density at radius 1 is 0.640 bits per heavy atom. The minimum atomic E-state index is -4.79. The Bertz CT molecular complexity index is 471. The normalized spacial score (nSPS) is 14.7. The summed E-state index contributed by atoms with van der Waals surface area (Å²) in [4.78, 5) is 0. The van der Waals surface area contributed by atoms with Crippen molar-refractivity contribution in [1.29, 1.82) is 0 Å². The van der Waals surface area contributed by atoms with Crippen LogP contribution < -0.4 is 0 Å². The van der Waals surface area contributed by atoms with Crippen LogP contribution in [0.1, 0.15) is 91.9 Å². The summed E-state index contributed by atoms with van der Waals surface area (Å²) >= 11 is 0. The van der Waals surface area contributed by atoms with Crippen LogP contribution in [0.3, 0.4) is 0 Å². The van der Waals surface area contributed by atoms with Gasteiger partial charge < -0.3 is 0 Å². The third-order valence-electron chi connectivity index (χ3n) is 3.93. The molecule has 25 heavy (non-hydrogen) atoms. The van der Waals surface area contributed by atoms with Crippen molar-refractivity contribution in [2.45, 2.75) is 104 Å². The van der Waals surface area contributed by atoms with Crippen molar-refractivity contribution in [3.8, 4) is 0 Å². The van der Waals surface area contributed by atoms with Gasteiger partial charge in [-0.05, 0) is 25.7 Å². The summed E-state index contributed by atoms with van der Waals surface area (Å²) in [5, 5.41) is 0. The second kappa shape index (κ2) is 14.4. The third kappa shape index (κ3) is 10.9. The van der Waals surface area contributed by atoms with Gasteiger partial charge in [0.1, 0.15) is 0 Å². The molecule has 0 aromatic carbocycles. The zero-order valence-corrected chi connectivity index (χ0v) is 18.4. The van der Waals surface area contributed by atoms with Crippen LogP contribution in [0.15, 0.2) is 0 Å². The molecule has 0 aromatic heterocycles. The fourth-order valence-corrected chi connectivity index (χ4v) is 4.88. The van der Waals surface area contributed by atoms with Gasteiger partial charge in [-0.2, -0.15) is 16.8 Å². The molecule has 0 spiro atoms. The Balaban J connectivity index is 0. The minimum absolute atomic E-state index is 0. The fraction of sp³-hybridized carbons (Fsp3) is 1.00. The molecular weight excluding hydrogens is 411 g/mol. The maximum Gasteiger partial charge on any atom is 0.400 e.